The first-order chi connectivity index (χ1) is 19.4. The van der Waals surface area contributed by atoms with Gasteiger partial charge in [0.15, 0.2) is 5.75 Å². The zero-order valence-corrected chi connectivity index (χ0v) is 24.2. The van der Waals surface area contributed by atoms with Gasteiger partial charge >= 0.3 is 0 Å². The Labute approximate surface area is 241 Å². The number of aryl methyl sites for hydroxylation is 1. The maximum Gasteiger partial charge on any atom is 0.257 e. The van der Waals surface area contributed by atoms with E-state index in [1.165, 1.54) is 11.3 Å². The van der Waals surface area contributed by atoms with Gasteiger partial charge in [-0.25, -0.2) is 15.0 Å². The Bertz CT molecular complexity index is 1460. The Morgan fingerprint density at radius 2 is 1.85 bits per heavy atom. The molecule has 2 aromatic carbocycles. The van der Waals surface area contributed by atoms with Crippen molar-refractivity contribution in [2.45, 2.75) is 46.3 Å². The monoisotopic (exact) mass is 556 g/mol. The molecule has 0 radical (unpaired) electrons. The standard InChI is InChI=1S/C31H32N4O3.CH4S/c1-31(2)11-10-26-25(16-31)29(34-20-33-26)35-12-13-37-28-9-8-22(14-24(28)18-35)23-15-27(36)30(32-17-23)38-19-21-6-4-3-5-7-21;1-2/h3-9,14-15,17,20,36H,10-13,16,18-19H2,1-2H3;2H,1H3. The van der Waals surface area contributed by atoms with Gasteiger partial charge in [0.05, 0.1) is 6.54 Å². The lowest BCUT2D eigenvalue weighted by atomic mass is 9.76. The van der Waals surface area contributed by atoms with Crippen molar-refractivity contribution in [1.29, 1.82) is 0 Å². The van der Waals surface area contributed by atoms with Crippen molar-refractivity contribution in [2.24, 2.45) is 5.41 Å². The largest absolute Gasteiger partial charge is 0.503 e. The lowest BCUT2D eigenvalue weighted by molar-refractivity contribution is 0.276. The fraction of sp³-hybridized carbons (Fsp3) is 0.344. The van der Waals surface area contributed by atoms with E-state index in [0.29, 0.717) is 19.8 Å². The number of pyridine rings is 1. The average molecular weight is 557 g/mol. The van der Waals surface area contributed by atoms with Crippen LogP contribution in [0.5, 0.6) is 17.4 Å². The Morgan fingerprint density at radius 1 is 1.02 bits per heavy atom. The van der Waals surface area contributed by atoms with E-state index in [-0.39, 0.29) is 17.0 Å². The van der Waals surface area contributed by atoms with E-state index in [1.54, 1.807) is 24.8 Å². The molecule has 1 aliphatic carbocycles. The zero-order chi connectivity index (χ0) is 28.1. The number of ether oxygens (including phenoxy) is 2. The van der Waals surface area contributed by atoms with Crippen LogP contribution in [-0.2, 0) is 26.0 Å². The van der Waals surface area contributed by atoms with Crippen LogP contribution in [-0.4, -0.2) is 39.5 Å². The topological polar surface area (TPSA) is 80.6 Å². The summed E-state index contributed by atoms with van der Waals surface area (Å²) in [5.74, 6) is 2.13. The first-order valence-electron chi connectivity index (χ1n) is 13.6. The maximum atomic E-state index is 10.6. The van der Waals surface area contributed by atoms with Crippen LogP contribution in [0.1, 0.15) is 42.7 Å². The number of thiol groups is 1. The van der Waals surface area contributed by atoms with Gasteiger partial charge in [-0.3, -0.25) is 0 Å². The Hall–Kier alpha value is -3.78. The van der Waals surface area contributed by atoms with Crippen LogP contribution in [0.25, 0.3) is 11.1 Å². The minimum Gasteiger partial charge on any atom is -0.503 e. The van der Waals surface area contributed by atoms with E-state index in [0.717, 1.165) is 59.6 Å². The third kappa shape index (κ3) is 6.17. The summed E-state index contributed by atoms with van der Waals surface area (Å²) in [5.41, 5.74) is 6.54. The second kappa shape index (κ2) is 12.2. The normalized spacial score (nSPS) is 15.4. The van der Waals surface area contributed by atoms with E-state index in [9.17, 15) is 5.11 Å². The highest BCUT2D eigenvalue weighted by molar-refractivity contribution is 7.79. The van der Waals surface area contributed by atoms with E-state index in [2.05, 4.69) is 47.4 Å². The molecule has 7 nitrogen and oxygen atoms in total. The highest BCUT2D eigenvalue weighted by Crippen LogP contribution is 2.39. The molecule has 40 heavy (non-hydrogen) atoms. The molecule has 1 N–H and O–H groups in total. The minimum absolute atomic E-state index is 0.0153. The molecule has 8 heteroatoms. The second-order valence-electron chi connectivity index (χ2n) is 10.9. The third-order valence-corrected chi connectivity index (χ3v) is 7.43. The highest BCUT2D eigenvalue weighted by Gasteiger charge is 2.30. The lowest BCUT2D eigenvalue weighted by Gasteiger charge is -2.33. The summed E-state index contributed by atoms with van der Waals surface area (Å²) >= 11 is 3.53. The Kier molecular flexibility index (Phi) is 8.45. The quantitative estimate of drug-likeness (QED) is 0.280. The van der Waals surface area contributed by atoms with Crippen LogP contribution in [0.2, 0.25) is 0 Å². The number of nitrogens with zero attached hydrogens (tertiary/aromatic N) is 4. The number of aromatic hydroxyl groups is 1. The second-order valence-corrected chi connectivity index (χ2v) is 10.9. The molecule has 0 unspecified atom stereocenters. The van der Waals surface area contributed by atoms with E-state index >= 15 is 0 Å². The number of benzene rings is 2. The average Bonchev–Trinajstić information content (AvgIpc) is 3.19. The first-order valence-corrected chi connectivity index (χ1v) is 14.5. The molecular formula is C32H36N4O3S. The molecule has 6 rings (SSSR count). The van der Waals surface area contributed by atoms with Gasteiger partial charge < -0.3 is 19.5 Å². The highest BCUT2D eigenvalue weighted by atomic mass is 32.1. The van der Waals surface area contributed by atoms with Crippen molar-refractivity contribution in [2.75, 3.05) is 24.3 Å². The van der Waals surface area contributed by atoms with Crippen LogP contribution in [0, 0.1) is 5.41 Å². The number of anilines is 1. The molecule has 208 valence electrons. The Morgan fingerprint density at radius 3 is 2.65 bits per heavy atom. The van der Waals surface area contributed by atoms with Gasteiger partial charge in [0.2, 0.25) is 0 Å². The molecule has 0 saturated carbocycles. The molecule has 0 atom stereocenters. The van der Waals surface area contributed by atoms with Crippen LogP contribution in [0.3, 0.4) is 0 Å². The van der Waals surface area contributed by atoms with Crippen molar-refractivity contribution in [3.05, 3.63) is 89.5 Å². The summed E-state index contributed by atoms with van der Waals surface area (Å²) in [4.78, 5) is 16.0. The van der Waals surface area contributed by atoms with Gasteiger partial charge in [0.25, 0.3) is 5.88 Å². The predicted molar refractivity (Wildman–Crippen MR) is 161 cm³/mol. The molecule has 0 bridgehead atoms. The number of fused-ring (bicyclic) bond motifs is 2. The number of aromatic nitrogens is 3. The SMILES string of the molecule is CC1(C)CCc2ncnc(N3CCOc4ccc(-c5cnc(OCc6ccccc6)c(O)c5)cc4C3)c2C1.CS. The molecule has 2 aliphatic rings. The fourth-order valence-electron chi connectivity index (χ4n) is 5.32. The molecule has 3 heterocycles. The number of hydrogen-bond donors (Lipinski definition) is 2. The fourth-order valence-corrected chi connectivity index (χ4v) is 5.32. The summed E-state index contributed by atoms with van der Waals surface area (Å²) in [6, 6.07) is 17.7. The minimum atomic E-state index is 0.0153. The number of rotatable bonds is 5. The van der Waals surface area contributed by atoms with Crippen LogP contribution in [0.15, 0.2) is 67.1 Å². The summed E-state index contributed by atoms with van der Waals surface area (Å²) in [6.45, 7) is 7.01. The smallest absolute Gasteiger partial charge is 0.257 e. The predicted octanol–water partition coefficient (Wildman–Crippen LogP) is 6.28. The van der Waals surface area contributed by atoms with Gasteiger partial charge in [-0.1, -0.05) is 50.2 Å². The van der Waals surface area contributed by atoms with E-state index in [4.69, 9.17) is 14.5 Å². The zero-order valence-electron chi connectivity index (χ0n) is 23.3. The molecule has 0 amide bonds. The van der Waals surface area contributed by atoms with Gasteiger partial charge in [-0.05, 0) is 60.3 Å². The van der Waals surface area contributed by atoms with Gasteiger partial charge in [0, 0.05) is 35.1 Å². The molecular weight excluding hydrogens is 520 g/mol. The van der Waals surface area contributed by atoms with Crippen molar-refractivity contribution >= 4 is 18.4 Å². The van der Waals surface area contributed by atoms with E-state index in [1.807, 2.05) is 42.5 Å². The van der Waals surface area contributed by atoms with Crippen molar-refractivity contribution < 1.29 is 14.6 Å². The molecule has 0 spiro atoms. The van der Waals surface area contributed by atoms with Crippen molar-refractivity contribution in [3.63, 3.8) is 0 Å². The number of hydrogen-bond acceptors (Lipinski definition) is 8. The molecule has 0 fully saturated rings. The van der Waals surface area contributed by atoms with Crippen molar-refractivity contribution in [3.8, 4) is 28.5 Å². The summed E-state index contributed by atoms with van der Waals surface area (Å²) < 4.78 is 11.9. The van der Waals surface area contributed by atoms with Crippen LogP contribution in [0.4, 0.5) is 5.82 Å². The summed E-state index contributed by atoms with van der Waals surface area (Å²) in [6.07, 6.45) is 8.24. The van der Waals surface area contributed by atoms with E-state index < -0.39 is 0 Å². The van der Waals surface area contributed by atoms with Gasteiger partial charge in [0.1, 0.15) is 31.1 Å². The van der Waals surface area contributed by atoms with Crippen molar-refractivity contribution in [1.82, 2.24) is 15.0 Å². The first kappa shape index (κ1) is 27.8. The molecule has 1 aliphatic heterocycles. The lowest BCUT2D eigenvalue weighted by Crippen LogP contribution is -2.31. The molecule has 2 aromatic heterocycles. The Balaban J connectivity index is 0.00000158. The molecule has 4 aromatic rings. The van der Waals surface area contributed by atoms with Gasteiger partial charge in [-0.2, -0.15) is 12.6 Å². The van der Waals surface area contributed by atoms with Crippen LogP contribution < -0.4 is 14.4 Å². The third-order valence-electron chi connectivity index (χ3n) is 7.43. The van der Waals surface area contributed by atoms with Crippen LogP contribution >= 0.6 is 12.6 Å². The van der Waals surface area contributed by atoms with Gasteiger partial charge in [-0.15, -0.1) is 0 Å². The molecule has 0 saturated heterocycles. The summed E-state index contributed by atoms with van der Waals surface area (Å²) in [7, 11) is 0. The summed E-state index contributed by atoms with van der Waals surface area (Å²) in [5, 5.41) is 10.6. The maximum absolute atomic E-state index is 10.6.